The van der Waals surface area contributed by atoms with Crippen LogP contribution in [0.15, 0.2) is 47.4 Å². The van der Waals surface area contributed by atoms with Crippen molar-refractivity contribution < 1.29 is 24.1 Å². The first-order valence-electron chi connectivity index (χ1n) is 8.59. The van der Waals surface area contributed by atoms with Crippen LogP contribution in [0.4, 0.5) is 0 Å². The average Bonchev–Trinajstić information content (AvgIpc) is 2.70. The Morgan fingerprint density at radius 1 is 0.964 bits per heavy atom. The molecule has 0 aliphatic heterocycles. The SMILES string of the molecule is COc1cc(Cc2cn(CC(=O)O)c3ccc(OC)cc3c2=O)cc(OC)c1. The Morgan fingerprint density at radius 3 is 2.18 bits per heavy atom. The molecule has 1 N–H and O–H groups in total. The first-order valence-corrected chi connectivity index (χ1v) is 8.59. The summed E-state index contributed by atoms with van der Waals surface area (Å²) in [5.41, 5.74) is 1.66. The van der Waals surface area contributed by atoms with Gasteiger partial charge in [0.2, 0.25) is 0 Å². The van der Waals surface area contributed by atoms with Crippen LogP contribution in [0.5, 0.6) is 17.2 Å². The molecule has 28 heavy (non-hydrogen) atoms. The molecule has 0 radical (unpaired) electrons. The number of carbonyl (C=O) groups is 1. The van der Waals surface area contributed by atoms with E-state index in [0.717, 1.165) is 5.56 Å². The van der Waals surface area contributed by atoms with E-state index in [1.165, 1.54) is 7.11 Å². The second-order valence-corrected chi connectivity index (χ2v) is 6.29. The highest BCUT2D eigenvalue weighted by molar-refractivity contribution is 5.82. The summed E-state index contributed by atoms with van der Waals surface area (Å²) in [4.78, 5) is 24.4. The molecule has 0 aliphatic carbocycles. The highest BCUT2D eigenvalue weighted by Crippen LogP contribution is 2.25. The lowest BCUT2D eigenvalue weighted by atomic mass is 10.0. The summed E-state index contributed by atoms with van der Waals surface area (Å²) in [5.74, 6) is 0.770. The molecule has 0 saturated carbocycles. The van der Waals surface area contributed by atoms with Gasteiger partial charge in [-0.3, -0.25) is 9.59 Å². The number of methoxy groups -OCH3 is 3. The third-order valence-corrected chi connectivity index (χ3v) is 4.47. The van der Waals surface area contributed by atoms with E-state index >= 15 is 0 Å². The molecular formula is C21H21NO6. The van der Waals surface area contributed by atoms with Crippen molar-refractivity contribution in [1.82, 2.24) is 4.57 Å². The third kappa shape index (κ3) is 3.93. The summed E-state index contributed by atoms with van der Waals surface area (Å²) in [7, 11) is 4.63. The number of carboxylic acid groups (broad SMARTS) is 1. The topological polar surface area (TPSA) is 87.0 Å². The van der Waals surface area contributed by atoms with Gasteiger partial charge in [-0.25, -0.2) is 0 Å². The van der Waals surface area contributed by atoms with Crippen LogP contribution >= 0.6 is 0 Å². The second kappa shape index (κ2) is 8.04. The fourth-order valence-corrected chi connectivity index (χ4v) is 3.15. The van der Waals surface area contributed by atoms with Gasteiger partial charge in [-0.2, -0.15) is 0 Å². The molecule has 2 aromatic carbocycles. The first-order chi connectivity index (χ1) is 13.4. The van der Waals surface area contributed by atoms with E-state index in [2.05, 4.69) is 0 Å². The Hall–Kier alpha value is -3.48. The predicted molar refractivity (Wildman–Crippen MR) is 105 cm³/mol. The number of fused-ring (bicyclic) bond motifs is 1. The fourth-order valence-electron chi connectivity index (χ4n) is 3.15. The number of hydrogen-bond acceptors (Lipinski definition) is 5. The quantitative estimate of drug-likeness (QED) is 0.675. The first kappa shape index (κ1) is 19.3. The summed E-state index contributed by atoms with van der Waals surface area (Å²) >= 11 is 0. The zero-order chi connectivity index (χ0) is 20.3. The third-order valence-electron chi connectivity index (χ3n) is 4.47. The second-order valence-electron chi connectivity index (χ2n) is 6.29. The average molecular weight is 383 g/mol. The molecule has 0 amide bonds. The zero-order valence-electron chi connectivity index (χ0n) is 15.9. The summed E-state index contributed by atoms with van der Waals surface area (Å²) in [6, 6.07) is 10.4. The molecule has 1 heterocycles. The number of carboxylic acids is 1. The van der Waals surface area contributed by atoms with Gasteiger partial charge in [0.25, 0.3) is 0 Å². The number of aliphatic carboxylic acids is 1. The van der Waals surface area contributed by atoms with Crippen molar-refractivity contribution in [2.75, 3.05) is 21.3 Å². The van der Waals surface area contributed by atoms with E-state index < -0.39 is 5.97 Å². The summed E-state index contributed by atoms with van der Waals surface area (Å²) in [6.07, 6.45) is 1.90. The van der Waals surface area contributed by atoms with Gasteiger partial charge in [-0.05, 0) is 35.9 Å². The van der Waals surface area contributed by atoms with E-state index in [0.29, 0.717) is 40.1 Å². The van der Waals surface area contributed by atoms with Crippen molar-refractivity contribution in [2.45, 2.75) is 13.0 Å². The lowest BCUT2D eigenvalue weighted by Crippen LogP contribution is -2.18. The van der Waals surface area contributed by atoms with Gasteiger partial charge in [0.1, 0.15) is 23.8 Å². The minimum atomic E-state index is -0.991. The van der Waals surface area contributed by atoms with Gasteiger partial charge in [0.05, 0.1) is 26.8 Å². The van der Waals surface area contributed by atoms with E-state index in [1.54, 1.807) is 49.2 Å². The Bertz CT molecular complexity index is 1060. The Morgan fingerprint density at radius 2 is 1.61 bits per heavy atom. The van der Waals surface area contributed by atoms with Gasteiger partial charge < -0.3 is 23.9 Å². The highest BCUT2D eigenvalue weighted by Gasteiger charge is 2.13. The lowest BCUT2D eigenvalue weighted by Gasteiger charge is -2.13. The number of rotatable bonds is 7. The molecule has 0 bridgehead atoms. The molecule has 0 atom stereocenters. The number of ether oxygens (including phenoxy) is 3. The van der Waals surface area contributed by atoms with E-state index in [1.807, 2.05) is 12.1 Å². The smallest absolute Gasteiger partial charge is 0.323 e. The molecule has 1 aromatic heterocycles. The van der Waals surface area contributed by atoms with E-state index in [4.69, 9.17) is 14.2 Å². The molecule has 7 heteroatoms. The van der Waals surface area contributed by atoms with Crippen molar-refractivity contribution in [3.63, 3.8) is 0 Å². The maximum Gasteiger partial charge on any atom is 0.323 e. The van der Waals surface area contributed by atoms with Crippen molar-refractivity contribution in [2.24, 2.45) is 0 Å². The molecular weight excluding hydrogens is 362 g/mol. The standard InChI is InChI=1S/C21H21NO6/c1-26-15-4-5-19-18(10-15)21(25)14(11-22(19)12-20(23)24)6-13-7-16(27-2)9-17(8-13)28-3/h4-5,7-11H,6,12H2,1-3H3,(H,23,24). The van der Waals surface area contributed by atoms with Gasteiger partial charge in [-0.15, -0.1) is 0 Å². The Kier molecular flexibility index (Phi) is 5.54. The monoisotopic (exact) mass is 383 g/mol. The van der Waals surface area contributed by atoms with Crippen molar-refractivity contribution in [3.05, 3.63) is 63.9 Å². The van der Waals surface area contributed by atoms with Crippen LogP contribution in [0.1, 0.15) is 11.1 Å². The maximum atomic E-state index is 13.1. The zero-order valence-corrected chi connectivity index (χ0v) is 15.9. The molecule has 7 nitrogen and oxygen atoms in total. The Balaban J connectivity index is 2.16. The number of hydrogen-bond donors (Lipinski definition) is 1. The highest BCUT2D eigenvalue weighted by atomic mass is 16.5. The minimum absolute atomic E-state index is 0.169. The molecule has 0 unspecified atom stereocenters. The minimum Gasteiger partial charge on any atom is -0.497 e. The van der Waals surface area contributed by atoms with E-state index in [-0.39, 0.29) is 12.0 Å². The normalized spacial score (nSPS) is 10.7. The van der Waals surface area contributed by atoms with Gasteiger partial charge in [0.15, 0.2) is 5.43 Å². The summed E-state index contributed by atoms with van der Waals surface area (Å²) in [5, 5.41) is 9.67. The van der Waals surface area contributed by atoms with Gasteiger partial charge in [0, 0.05) is 29.6 Å². The van der Waals surface area contributed by atoms with Crippen LogP contribution in [0.25, 0.3) is 10.9 Å². The molecule has 0 fully saturated rings. The molecule has 0 aliphatic rings. The molecule has 146 valence electrons. The van der Waals surface area contributed by atoms with Crippen LogP contribution < -0.4 is 19.6 Å². The van der Waals surface area contributed by atoms with E-state index in [9.17, 15) is 14.7 Å². The van der Waals surface area contributed by atoms with Crippen molar-refractivity contribution >= 4 is 16.9 Å². The van der Waals surface area contributed by atoms with Crippen molar-refractivity contribution in [3.8, 4) is 17.2 Å². The molecule has 0 saturated heterocycles. The molecule has 3 rings (SSSR count). The Labute approximate surface area is 161 Å². The number of aromatic nitrogens is 1. The molecule has 0 spiro atoms. The number of pyridine rings is 1. The number of nitrogens with zero attached hydrogens (tertiary/aromatic N) is 1. The fraction of sp³-hybridized carbons (Fsp3) is 0.238. The molecule has 3 aromatic rings. The number of benzene rings is 2. The maximum absolute atomic E-state index is 13.1. The van der Waals surface area contributed by atoms with Gasteiger partial charge >= 0.3 is 5.97 Å². The largest absolute Gasteiger partial charge is 0.497 e. The van der Waals surface area contributed by atoms with Crippen LogP contribution in [-0.2, 0) is 17.8 Å². The van der Waals surface area contributed by atoms with Crippen LogP contribution in [0.2, 0.25) is 0 Å². The predicted octanol–water partition coefficient (Wildman–Crippen LogP) is 2.70. The lowest BCUT2D eigenvalue weighted by molar-refractivity contribution is -0.137. The summed E-state index contributed by atoms with van der Waals surface area (Å²) < 4.78 is 17.3. The van der Waals surface area contributed by atoms with Crippen LogP contribution in [0, 0.1) is 0 Å². The van der Waals surface area contributed by atoms with Crippen LogP contribution in [0.3, 0.4) is 0 Å². The van der Waals surface area contributed by atoms with Gasteiger partial charge in [-0.1, -0.05) is 0 Å². The van der Waals surface area contributed by atoms with Crippen molar-refractivity contribution in [1.29, 1.82) is 0 Å². The summed E-state index contributed by atoms with van der Waals surface area (Å²) in [6.45, 7) is -0.252. The van der Waals surface area contributed by atoms with Crippen LogP contribution in [-0.4, -0.2) is 37.0 Å².